The van der Waals surface area contributed by atoms with E-state index in [-0.39, 0.29) is 0 Å². The molecule has 0 spiro atoms. The van der Waals surface area contributed by atoms with Gasteiger partial charge < -0.3 is 15.2 Å². The van der Waals surface area contributed by atoms with Crippen LogP contribution in [-0.2, 0) is 4.74 Å². The lowest BCUT2D eigenvalue weighted by Crippen LogP contribution is -2.40. The summed E-state index contributed by atoms with van der Waals surface area (Å²) in [4.78, 5) is 0. The lowest BCUT2D eigenvalue weighted by molar-refractivity contribution is 0.0355. The van der Waals surface area contributed by atoms with Crippen LogP contribution in [0.2, 0.25) is 0 Å². The van der Waals surface area contributed by atoms with E-state index in [2.05, 4.69) is 5.32 Å². The number of methoxy groups -OCH3 is 1. The topological polar surface area (TPSA) is 41.5 Å². The predicted octanol–water partition coefficient (Wildman–Crippen LogP) is 0.383. The van der Waals surface area contributed by atoms with Gasteiger partial charge in [0, 0.05) is 20.2 Å². The Hall–Kier alpha value is -0.120. The van der Waals surface area contributed by atoms with E-state index >= 15 is 0 Å². The molecule has 1 aliphatic rings. The molecule has 0 amide bonds. The molecule has 3 heteroatoms. The van der Waals surface area contributed by atoms with Crippen molar-refractivity contribution in [2.45, 2.75) is 25.4 Å². The van der Waals surface area contributed by atoms with Gasteiger partial charge in [-0.2, -0.15) is 0 Å². The van der Waals surface area contributed by atoms with Crippen LogP contribution < -0.4 is 5.32 Å². The fraction of sp³-hybridized carbons (Fsp3) is 1.00. The molecule has 1 fully saturated rings. The van der Waals surface area contributed by atoms with Crippen molar-refractivity contribution in [3.8, 4) is 0 Å². The summed E-state index contributed by atoms with van der Waals surface area (Å²) in [6.07, 6.45) is 2.36. The standard InChI is InChI=1S/C9H19NO2/c1-9(11,8-3-4-8)7-10-5-6-12-2/h8,10-11H,3-7H2,1-2H3. The van der Waals surface area contributed by atoms with E-state index in [9.17, 15) is 5.11 Å². The van der Waals surface area contributed by atoms with Gasteiger partial charge in [-0.05, 0) is 25.7 Å². The van der Waals surface area contributed by atoms with Gasteiger partial charge in [-0.25, -0.2) is 0 Å². The molecule has 2 N–H and O–H groups in total. The molecular weight excluding hydrogens is 154 g/mol. The molecule has 1 unspecified atom stereocenters. The largest absolute Gasteiger partial charge is 0.389 e. The molecule has 0 aromatic heterocycles. The number of aliphatic hydroxyl groups is 1. The third-order valence-corrected chi connectivity index (χ3v) is 2.42. The van der Waals surface area contributed by atoms with Crippen molar-refractivity contribution in [3.05, 3.63) is 0 Å². The van der Waals surface area contributed by atoms with Gasteiger partial charge >= 0.3 is 0 Å². The van der Waals surface area contributed by atoms with Crippen molar-refractivity contribution in [1.29, 1.82) is 0 Å². The molecule has 0 aromatic rings. The van der Waals surface area contributed by atoms with E-state index in [4.69, 9.17) is 4.74 Å². The summed E-state index contributed by atoms with van der Waals surface area (Å²) in [6, 6.07) is 0. The summed E-state index contributed by atoms with van der Waals surface area (Å²) in [5.74, 6) is 0.521. The highest BCUT2D eigenvalue weighted by molar-refractivity contribution is 4.92. The van der Waals surface area contributed by atoms with Crippen LogP contribution >= 0.6 is 0 Å². The summed E-state index contributed by atoms with van der Waals surface area (Å²) in [7, 11) is 1.68. The lowest BCUT2D eigenvalue weighted by Gasteiger charge is -2.23. The van der Waals surface area contributed by atoms with Gasteiger partial charge in [0.15, 0.2) is 0 Å². The van der Waals surface area contributed by atoms with Gasteiger partial charge in [-0.3, -0.25) is 0 Å². The molecular formula is C9H19NO2. The molecule has 1 aliphatic carbocycles. The third kappa shape index (κ3) is 3.09. The number of nitrogens with one attached hydrogen (secondary N) is 1. The third-order valence-electron chi connectivity index (χ3n) is 2.42. The van der Waals surface area contributed by atoms with Crippen molar-refractivity contribution in [2.75, 3.05) is 26.8 Å². The smallest absolute Gasteiger partial charge is 0.0771 e. The SMILES string of the molecule is COCCNCC(C)(O)C1CC1. The van der Waals surface area contributed by atoms with Crippen LogP contribution in [0.15, 0.2) is 0 Å². The minimum atomic E-state index is -0.506. The quantitative estimate of drug-likeness (QED) is 0.571. The molecule has 0 aliphatic heterocycles. The first-order valence-corrected chi connectivity index (χ1v) is 4.59. The first-order chi connectivity index (χ1) is 5.67. The first kappa shape index (κ1) is 9.96. The first-order valence-electron chi connectivity index (χ1n) is 4.59. The minimum Gasteiger partial charge on any atom is -0.389 e. The summed E-state index contributed by atoms with van der Waals surface area (Å²) >= 11 is 0. The van der Waals surface area contributed by atoms with Gasteiger partial charge in [-0.15, -0.1) is 0 Å². The average Bonchev–Trinajstić information content (AvgIpc) is 2.80. The second-order valence-corrected chi connectivity index (χ2v) is 3.80. The Morgan fingerprint density at radius 3 is 2.75 bits per heavy atom. The van der Waals surface area contributed by atoms with Crippen LogP contribution in [0.4, 0.5) is 0 Å². The Labute approximate surface area is 74.1 Å². The Morgan fingerprint density at radius 1 is 1.58 bits per heavy atom. The van der Waals surface area contributed by atoms with E-state index in [0.29, 0.717) is 19.1 Å². The maximum atomic E-state index is 9.85. The maximum absolute atomic E-state index is 9.85. The molecule has 1 saturated carbocycles. The van der Waals surface area contributed by atoms with Crippen LogP contribution in [0.3, 0.4) is 0 Å². The molecule has 0 saturated heterocycles. The Bertz CT molecular complexity index is 132. The fourth-order valence-corrected chi connectivity index (χ4v) is 1.37. The molecule has 0 radical (unpaired) electrons. The van der Waals surface area contributed by atoms with Crippen molar-refractivity contribution in [3.63, 3.8) is 0 Å². The van der Waals surface area contributed by atoms with E-state index in [1.54, 1.807) is 7.11 Å². The number of hydrogen-bond donors (Lipinski definition) is 2. The van der Waals surface area contributed by atoms with Crippen LogP contribution in [0.1, 0.15) is 19.8 Å². The molecule has 1 rings (SSSR count). The van der Waals surface area contributed by atoms with Gasteiger partial charge in [-0.1, -0.05) is 0 Å². The summed E-state index contributed by atoms with van der Waals surface area (Å²) < 4.78 is 4.89. The van der Waals surface area contributed by atoms with Gasteiger partial charge in [0.1, 0.15) is 0 Å². The van der Waals surface area contributed by atoms with Crippen molar-refractivity contribution in [1.82, 2.24) is 5.32 Å². The highest BCUT2D eigenvalue weighted by Crippen LogP contribution is 2.38. The van der Waals surface area contributed by atoms with Gasteiger partial charge in [0.25, 0.3) is 0 Å². The van der Waals surface area contributed by atoms with Crippen LogP contribution in [0.25, 0.3) is 0 Å². The highest BCUT2D eigenvalue weighted by atomic mass is 16.5. The highest BCUT2D eigenvalue weighted by Gasteiger charge is 2.39. The molecule has 0 bridgehead atoms. The Balaban J connectivity index is 2.04. The molecule has 3 nitrogen and oxygen atoms in total. The van der Waals surface area contributed by atoms with Crippen molar-refractivity contribution < 1.29 is 9.84 Å². The average molecular weight is 173 g/mol. The molecule has 72 valence electrons. The fourth-order valence-electron chi connectivity index (χ4n) is 1.37. The summed E-state index contributed by atoms with van der Waals surface area (Å²) in [5, 5.41) is 13.0. The molecule has 1 atom stereocenters. The van der Waals surface area contributed by atoms with Crippen molar-refractivity contribution in [2.24, 2.45) is 5.92 Å². The number of hydrogen-bond acceptors (Lipinski definition) is 3. The van der Waals surface area contributed by atoms with E-state index in [1.165, 1.54) is 12.8 Å². The number of ether oxygens (including phenoxy) is 1. The number of rotatable bonds is 6. The van der Waals surface area contributed by atoms with Gasteiger partial charge in [0.2, 0.25) is 0 Å². The maximum Gasteiger partial charge on any atom is 0.0771 e. The molecule has 0 aromatic carbocycles. The second-order valence-electron chi connectivity index (χ2n) is 3.80. The second kappa shape index (κ2) is 4.21. The molecule has 0 heterocycles. The zero-order valence-electron chi connectivity index (χ0n) is 7.97. The summed E-state index contributed by atoms with van der Waals surface area (Å²) in [5.41, 5.74) is -0.506. The van der Waals surface area contributed by atoms with Crippen LogP contribution in [0.5, 0.6) is 0 Å². The lowest BCUT2D eigenvalue weighted by atomic mass is 10.0. The van der Waals surface area contributed by atoms with Crippen LogP contribution in [0, 0.1) is 5.92 Å². The van der Waals surface area contributed by atoms with E-state index in [1.807, 2.05) is 6.92 Å². The predicted molar refractivity (Wildman–Crippen MR) is 48.1 cm³/mol. The van der Waals surface area contributed by atoms with Crippen LogP contribution in [-0.4, -0.2) is 37.5 Å². The zero-order chi connectivity index (χ0) is 9.03. The monoisotopic (exact) mass is 173 g/mol. The summed E-state index contributed by atoms with van der Waals surface area (Å²) in [6.45, 7) is 4.12. The normalized spacial score (nSPS) is 22.2. The Kier molecular flexibility index (Phi) is 3.50. The van der Waals surface area contributed by atoms with E-state index in [0.717, 1.165) is 6.54 Å². The van der Waals surface area contributed by atoms with Crippen molar-refractivity contribution >= 4 is 0 Å². The molecule has 12 heavy (non-hydrogen) atoms. The Morgan fingerprint density at radius 2 is 2.25 bits per heavy atom. The minimum absolute atomic E-state index is 0.506. The zero-order valence-corrected chi connectivity index (χ0v) is 7.97. The van der Waals surface area contributed by atoms with E-state index < -0.39 is 5.60 Å². The van der Waals surface area contributed by atoms with Gasteiger partial charge in [0.05, 0.1) is 12.2 Å².